The summed E-state index contributed by atoms with van der Waals surface area (Å²) in [6, 6.07) is 7.70. The molecule has 2 aromatic rings. The molecule has 1 aromatic carbocycles. The van der Waals surface area contributed by atoms with Crippen LogP contribution in [-0.4, -0.2) is 15.7 Å². The molecule has 5 heteroatoms. The maximum absolute atomic E-state index is 13.0. The van der Waals surface area contributed by atoms with Gasteiger partial charge in [0, 0.05) is 18.3 Å². The summed E-state index contributed by atoms with van der Waals surface area (Å²) in [5.41, 5.74) is 1.38. The number of aromatic nitrogens is 2. The summed E-state index contributed by atoms with van der Waals surface area (Å²) in [5.74, 6) is -0.528. The fourth-order valence-corrected chi connectivity index (χ4v) is 1.82. The Morgan fingerprint density at radius 1 is 1.47 bits per heavy atom. The molecule has 0 radical (unpaired) electrons. The normalized spacial score (nSPS) is 12.2. The molecule has 1 heterocycles. The third-order valence-electron chi connectivity index (χ3n) is 2.78. The van der Waals surface area contributed by atoms with Gasteiger partial charge in [-0.1, -0.05) is 6.07 Å². The van der Waals surface area contributed by atoms with Crippen LogP contribution in [0.4, 0.5) is 10.1 Å². The van der Waals surface area contributed by atoms with Crippen LogP contribution in [0, 0.1) is 12.7 Å². The maximum Gasteiger partial charge on any atom is 0.226 e. The van der Waals surface area contributed by atoms with E-state index in [0.717, 1.165) is 5.69 Å². The topological polar surface area (TPSA) is 46.9 Å². The second-order valence-corrected chi connectivity index (χ2v) is 4.55. The van der Waals surface area contributed by atoms with Crippen LogP contribution in [0.3, 0.4) is 0 Å². The van der Waals surface area contributed by atoms with E-state index in [-0.39, 0.29) is 24.2 Å². The second-order valence-electron chi connectivity index (χ2n) is 4.55. The van der Waals surface area contributed by atoms with E-state index in [2.05, 4.69) is 10.4 Å². The lowest BCUT2D eigenvalue weighted by Crippen LogP contribution is -2.18. The van der Waals surface area contributed by atoms with Gasteiger partial charge >= 0.3 is 0 Å². The highest BCUT2D eigenvalue weighted by Crippen LogP contribution is 2.13. The molecule has 0 aliphatic rings. The van der Waals surface area contributed by atoms with Crippen LogP contribution in [0.5, 0.6) is 0 Å². The Kier molecular flexibility index (Phi) is 3.94. The van der Waals surface area contributed by atoms with Gasteiger partial charge in [-0.2, -0.15) is 5.10 Å². The molecule has 0 saturated carbocycles. The lowest BCUT2D eigenvalue weighted by atomic mass is 10.2. The molecule has 2 rings (SSSR count). The van der Waals surface area contributed by atoms with Crippen molar-refractivity contribution in [3.8, 4) is 0 Å². The molecule has 0 unspecified atom stereocenters. The minimum Gasteiger partial charge on any atom is -0.326 e. The van der Waals surface area contributed by atoms with Crippen LogP contribution in [-0.2, 0) is 4.79 Å². The van der Waals surface area contributed by atoms with Crippen LogP contribution in [0.2, 0.25) is 0 Å². The number of carbonyl (C=O) groups is 1. The van der Waals surface area contributed by atoms with Gasteiger partial charge in [0.25, 0.3) is 0 Å². The predicted octanol–water partition coefficient (Wildman–Crippen LogP) is 2.92. The number of carbonyl (C=O) groups excluding carboxylic acids is 1. The number of aryl methyl sites for hydroxylation is 1. The van der Waals surface area contributed by atoms with E-state index in [9.17, 15) is 9.18 Å². The highest BCUT2D eigenvalue weighted by molar-refractivity contribution is 5.90. The zero-order valence-corrected chi connectivity index (χ0v) is 10.9. The quantitative estimate of drug-likeness (QED) is 0.919. The van der Waals surface area contributed by atoms with E-state index in [4.69, 9.17) is 0 Å². The molecule has 1 amide bonds. The summed E-state index contributed by atoms with van der Waals surface area (Å²) in [4.78, 5) is 11.8. The van der Waals surface area contributed by atoms with Gasteiger partial charge in [0.1, 0.15) is 5.82 Å². The number of nitrogens with zero attached hydrogens (tertiary/aromatic N) is 2. The van der Waals surface area contributed by atoms with Gasteiger partial charge in [-0.05, 0) is 38.1 Å². The van der Waals surface area contributed by atoms with Crippen molar-refractivity contribution in [1.29, 1.82) is 0 Å². The monoisotopic (exact) mass is 261 g/mol. The van der Waals surface area contributed by atoms with E-state index in [1.54, 1.807) is 16.8 Å². The molecular formula is C14H16FN3O. The zero-order chi connectivity index (χ0) is 13.8. The van der Waals surface area contributed by atoms with Gasteiger partial charge in [0.05, 0.1) is 11.7 Å². The first-order valence-corrected chi connectivity index (χ1v) is 6.12. The number of halogens is 1. The minimum absolute atomic E-state index is 0.0396. The van der Waals surface area contributed by atoms with Crippen LogP contribution in [0.25, 0.3) is 0 Å². The van der Waals surface area contributed by atoms with Crippen molar-refractivity contribution in [3.05, 3.63) is 48.0 Å². The summed E-state index contributed by atoms with van der Waals surface area (Å²) < 4.78 is 14.7. The minimum atomic E-state index is -0.367. The molecule has 4 nitrogen and oxygen atoms in total. The molecule has 1 atom stereocenters. The number of anilines is 1. The van der Waals surface area contributed by atoms with E-state index in [1.807, 2.05) is 26.1 Å². The molecule has 100 valence electrons. The number of hydrogen-bond donors (Lipinski definition) is 1. The van der Waals surface area contributed by atoms with Crippen LogP contribution < -0.4 is 5.32 Å². The first kappa shape index (κ1) is 13.3. The van der Waals surface area contributed by atoms with Gasteiger partial charge in [0.15, 0.2) is 0 Å². The predicted molar refractivity (Wildman–Crippen MR) is 71.3 cm³/mol. The van der Waals surface area contributed by atoms with Crippen molar-refractivity contribution >= 4 is 11.6 Å². The molecule has 0 bridgehead atoms. The average molecular weight is 261 g/mol. The third-order valence-corrected chi connectivity index (χ3v) is 2.78. The Labute approximate surface area is 111 Å². The Balaban J connectivity index is 1.94. The average Bonchev–Trinajstić information content (AvgIpc) is 2.75. The molecule has 0 aliphatic carbocycles. The van der Waals surface area contributed by atoms with Crippen LogP contribution >= 0.6 is 0 Å². The Hall–Kier alpha value is -2.17. The van der Waals surface area contributed by atoms with Crippen molar-refractivity contribution in [1.82, 2.24) is 9.78 Å². The van der Waals surface area contributed by atoms with E-state index in [0.29, 0.717) is 5.69 Å². The van der Waals surface area contributed by atoms with Gasteiger partial charge in [-0.25, -0.2) is 4.39 Å². The van der Waals surface area contributed by atoms with E-state index < -0.39 is 0 Å². The number of nitrogens with one attached hydrogen (secondary N) is 1. The van der Waals surface area contributed by atoms with Gasteiger partial charge in [-0.3, -0.25) is 9.48 Å². The molecule has 1 N–H and O–H groups in total. The summed E-state index contributed by atoms with van der Waals surface area (Å²) in [5, 5.41) is 6.93. The highest BCUT2D eigenvalue weighted by atomic mass is 19.1. The number of amides is 1. The molecule has 0 aliphatic heterocycles. The van der Waals surface area contributed by atoms with Crippen molar-refractivity contribution < 1.29 is 9.18 Å². The molecule has 0 fully saturated rings. The highest BCUT2D eigenvalue weighted by Gasteiger charge is 2.11. The number of hydrogen-bond acceptors (Lipinski definition) is 2. The lowest BCUT2D eigenvalue weighted by Gasteiger charge is -2.12. The Bertz CT molecular complexity index is 580. The smallest absolute Gasteiger partial charge is 0.226 e. The lowest BCUT2D eigenvalue weighted by molar-refractivity contribution is -0.116. The van der Waals surface area contributed by atoms with Gasteiger partial charge in [-0.15, -0.1) is 0 Å². The largest absolute Gasteiger partial charge is 0.326 e. The van der Waals surface area contributed by atoms with Crippen molar-refractivity contribution in [2.45, 2.75) is 26.3 Å². The maximum atomic E-state index is 13.0. The summed E-state index contributed by atoms with van der Waals surface area (Å²) in [6.45, 7) is 3.81. The second kappa shape index (κ2) is 5.65. The van der Waals surface area contributed by atoms with Crippen LogP contribution in [0.1, 0.15) is 25.1 Å². The fourth-order valence-electron chi connectivity index (χ4n) is 1.82. The summed E-state index contributed by atoms with van der Waals surface area (Å²) in [6.07, 6.45) is 2.13. The van der Waals surface area contributed by atoms with Gasteiger partial charge < -0.3 is 5.32 Å². The van der Waals surface area contributed by atoms with Crippen molar-refractivity contribution in [2.24, 2.45) is 0 Å². The molecule has 19 heavy (non-hydrogen) atoms. The van der Waals surface area contributed by atoms with Crippen LogP contribution in [0.15, 0.2) is 36.5 Å². The molecule has 0 spiro atoms. The number of rotatable bonds is 4. The Morgan fingerprint density at radius 3 is 2.89 bits per heavy atom. The molecule has 1 aromatic heterocycles. The Morgan fingerprint density at radius 2 is 2.26 bits per heavy atom. The van der Waals surface area contributed by atoms with Gasteiger partial charge in [0.2, 0.25) is 5.91 Å². The number of benzene rings is 1. The van der Waals surface area contributed by atoms with E-state index in [1.165, 1.54) is 12.1 Å². The molecular weight excluding hydrogens is 245 g/mol. The fraction of sp³-hybridized carbons (Fsp3) is 0.286. The summed E-state index contributed by atoms with van der Waals surface area (Å²) in [7, 11) is 0. The first-order chi connectivity index (χ1) is 9.04. The first-order valence-electron chi connectivity index (χ1n) is 6.12. The van der Waals surface area contributed by atoms with Crippen molar-refractivity contribution in [2.75, 3.05) is 5.32 Å². The van der Waals surface area contributed by atoms with Crippen molar-refractivity contribution in [3.63, 3.8) is 0 Å². The standard InChI is InChI=1S/C14H16FN3O/c1-10-6-7-18(17-10)11(2)8-14(19)16-13-5-3-4-12(15)9-13/h3-7,9,11H,8H2,1-2H3,(H,16,19)/t11-/m0/s1. The summed E-state index contributed by atoms with van der Waals surface area (Å²) >= 11 is 0. The molecule has 0 saturated heterocycles. The zero-order valence-electron chi connectivity index (χ0n) is 10.9. The third kappa shape index (κ3) is 3.64. The SMILES string of the molecule is Cc1ccn([C@@H](C)CC(=O)Nc2cccc(F)c2)n1. The van der Waals surface area contributed by atoms with E-state index >= 15 is 0 Å².